The van der Waals surface area contributed by atoms with Crippen molar-refractivity contribution in [2.24, 2.45) is 22.0 Å². The van der Waals surface area contributed by atoms with E-state index in [-0.39, 0.29) is 11.7 Å². The Morgan fingerprint density at radius 3 is 2.28 bits per heavy atom. The Labute approximate surface area is 106 Å². The van der Waals surface area contributed by atoms with Crippen molar-refractivity contribution >= 4 is 17.5 Å². The molecule has 0 spiro atoms. The average molecular weight is 252 g/mol. The zero-order valence-corrected chi connectivity index (χ0v) is 11.1. The van der Waals surface area contributed by atoms with Crippen molar-refractivity contribution in [3.63, 3.8) is 0 Å². The predicted molar refractivity (Wildman–Crippen MR) is 65.6 cm³/mol. The molecule has 0 radical (unpaired) electrons. The van der Waals surface area contributed by atoms with Gasteiger partial charge in [0.15, 0.2) is 0 Å². The number of carbonyl (C=O) groups excluding carboxylic acids is 3. The second kappa shape index (κ2) is 3.63. The highest BCUT2D eigenvalue weighted by atomic mass is 16.2. The van der Waals surface area contributed by atoms with Crippen LogP contribution in [0, 0.1) is 16.2 Å². The molecule has 5 nitrogen and oxygen atoms in total. The first-order valence-electron chi connectivity index (χ1n) is 6.33. The number of carbonyl (C=O) groups is 3. The maximum absolute atomic E-state index is 12.4. The van der Waals surface area contributed by atoms with Crippen LogP contribution >= 0.6 is 0 Å². The van der Waals surface area contributed by atoms with Gasteiger partial charge in [-0.2, -0.15) is 0 Å². The molecule has 2 rings (SSSR count). The molecule has 2 aliphatic rings. The van der Waals surface area contributed by atoms with E-state index < -0.39 is 22.0 Å². The normalized spacial score (nSPS) is 37.1. The van der Waals surface area contributed by atoms with Gasteiger partial charge in [-0.25, -0.2) is 0 Å². The highest BCUT2D eigenvalue weighted by Crippen LogP contribution is 2.68. The maximum Gasteiger partial charge on any atom is 0.234 e. The molecule has 2 bridgehead atoms. The van der Waals surface area contributed by atoms with Gasteiger partial charge in [0.25, 0.3) is 0 Å². The van der Waals surface area contributed by atoms with Crippen LogP contribution in [-0.4, -0.2) is 30.6 Å². The van der Waals surface area contributed by atoms with Crippen LogP contribution in [0.1, 0.15) is 33.6 Å². The van der Waals surface area contributed by atoms with Crippen molar-refractivity contribution in [2.45, 2.75) is 33.6 Å². The zero-order valence-electron chi connectivity index (χ0n) is 11.1. The van der Waals surface area contributed by atoms with Gasteiger partial charge >= 0.3 is 0 Å². The van der Waals surface area contributed by atoms with Crippen LogP contribution in [0.4, 0.5) is 0 Å². The lowest BCUT2D eigenvalue weighted by Gasteiger charge is -2.37. The van der Waals surface area contributed by atoms with E-state index in [0.717, 1.165) is 0 Å². The number of rotatable bonds is 3. The summed E-state index contributed by atoms with van der Waals surface area (Å²) in [7, 11) is 0. The second-order valence-corrected chi connectivity index (χ2v) is 6.07. The molecule has 2 atom stereocenters. The molecule has 1 amide bonds. The van der Waals surface area contributed by atoms with E-state index in [0.29, 0.717) is 25.9 Å². The van der Waals surface area contributed by atoms with E-state index in [1.807, 2.05) is 13.8 Å². The summed E-state index contributed by atoms with van der Waals surface area (Å²) in [5, 5.41) is 2.68. The predicted octanol–water partition coefficient (Wildman–Crippen LogP) is 0.0258. The number of hydrogen-bond donors (Lipinski definition) is 2. The molecule has 3 N–H and O–H groups in total. The second-order valence-electron chi connectivity index (χ2n) is 6.07. The lowest BCUT2D eigenvalue weighted by molar-refractivity contribution is -0.149. The molecule has 0 aromatic heterocycles. The van der Waals surface area contributed by atoms with Crippen molar-refractivity contribution in [1.29, 1.82) is 0 Å². The van der Waals surface area contributed by atoms with Gasteiger partial charge in [-0.3, -0.25) is 14.4 Å². The average Bonchev–Trinajstić information content (AvgIpc) is 2.59. The summed E-state index contributed by atoms with van der Waals surface area (Å²) in [5.41, 5.74) is 2.84. The minimum Gasteiger partial charge on any atom is -0.354 e. The number of nitrogens with one attached hydrogen (secondary N) is 1. The third-order valence-electron chi connectivity index (χ3n) is 5.36. The van der Waals surface area contributed by atoms with Crippen LogP contribution in [-0.2, 0) is 14.4 Å². The molecule has 100 valence electrons. The molecule has 5 heteroatoms. The van der Waals surface area contributed by atoms with Crippen LogP contribution in [0.5, 0.6) is 0 Å². The standard InChI is InChI=1S/C13H20N2O3/c1-11(2)12(3)4-5-13(11,9(17)8(12)16)10(18)15-7-6-14/h4-7,14H2,1-3H3,(H,15,18)/t12-,13-/m0/s1. The number of fused-ring (bicyclic) bond motifs is 2. The Morgan fingerprint density at radius 2 is 1.83 bits per heavy atom. The first-order valence-corrected chi connectivity index (χ1v) is 6.33. The van der Waals surface area contributed by atoms with Gasteiger partial charge in [0.2, 0.25) is 17.5 Å². The molecule has 0 heterocycles. The molecular weight excluding hydrogens is 232 g/mol. The van der Waals surface area contributed by atoms with Crippen LogP contribution in [0.3, 0.4) is 0 Å². The number of nitrogens with two attached hydrogens (primary N) is 1. The SMILES string of the molecule is CC1(C)[C@@]2(C(=O)NCCN)CC[C@@]1(C)C(=O)C2=O. The smallest absolute Gasteiger partial charge is 0.234 e. The van der Waals surface area contributed by atoms with E-state index in [2.05, 4.69) is 5.32 Å². The fourth-order valence-electron chi connectivity index (χ4n) is 3.61. The van der Waals surface area contributed by atoms with Crippen molar-refractivity contribution < 1.29 is 14.4 Å². The third-order valence-corrected chi connectivity index (χ3v) is 5.36. The van der Waals surface area contributed by atoms with Gasteiger partial charge in [-0.1, -0.05) is 20.8 Å². The number of amides is 1. The van der Waals surface area contributed by atoms with Gasteiger partial charge in [0, 0.05) is 18.5 Å². The molecule has 0 aromatic carbocycles. The molecular formula is C13H20N2O3. The summed E-state index contributed by atoms with van der Waals surface area (Å²) < 4.78 is 0. The minimum absolute atomic E-state index is 0.321. The van der Waals surface area contributed by atoms with Crippen LogP contribution in [0.25, 0.3) is 0 Å². The Bertz CT molecular complexity index is 444. The van der Waals surface area contributed by atoms with Gasteiger partial charge in [-0.05, 0) is 18.3 Å². The van der Waals surface area contributed by atoms with Crippen LogP contribution in [0.2, 0.25) is 0 Å². The van der Waals surface area contributed by atoms with Crippen LogP contribution in [0.15, 0.2) is 0 Å². The first kappa shape index (κ1) is 13.2. The highest BCUT2D eigenvalue weighted by Gasteiger charge is 2.77. The summed E-state index contributed by atoms with van der Waals surface area (Å²) in [6.45, 7) is 6.16. The summed E-state index contributed by atoms with van der Waals surface area (Å²) >= 11 is 0. The van der Waals surface area contributed by atoms with E-state index in [9.17, 15) is 14.4 Å². The topological polar surface area (TPSA) is 89.3 Å². The Morgan fingerprint density at radius 1 is 1.22 bits per heavy atom. The van der Waals surface area contributed by atoms with Gasteiger partial charge in [-0.15, -0.1) is 0 Å². The summed E-state index contributed by atoms with van der Waals surface area (Å²) in [6, 6.07) is 0. The fourth-order valence-corrected chi connectivity index (χ4v) is 3.61. The molecule has 0 aromatic rings. The Hall–Kier alpha value is -1.23. The molecule has 0 unspecified atom stereocenters. The summed E-state index contributed by atoms with van der Waals surface area (Å²) in [5.74, 6) is -1.24. The Kier molecular flexibility index (Phi) is 2.67. The molecule has 18 heavy (non-hydrogen) atoms. The molecule has 0 saturated heterocycles. The fraction of sp³-hybridized carbons (Fsp3) is 0.769. The van der Waals surface area contributed by atoms with E-state index in [4.69, 9.17) is 5.73 Å². The van der Waals surface area contributed by atoms with Crippen molar-refractivity contribution in [1.82, 2.24) is 5.32 Å². The molecule has 2 fully saturated rings. The minimum atomic E-state index is -1.19. The van der Waals surface area contributed by atoms with Crippen molar-refractivity contribution in [2.75, 3.05) is 13.1 Å². The molecule has 2 saturated carbocycles. The maximum atomic E-state index is 12.4. The van der Waals surface area contributed by atoms with Crippen molar-refractivity contribution in [3.05, 3.63) is 0 Å². The molecule has 0 aliphatic heterocycles. The highest BCUT2D eigenvalue weighted by molar-refractivity contribution is 6.48. The lowest BCUT2D eigenvalue weighted by Crippen LogP contribution is -2.51. The number of hydrogen-bond acceptors (Lipinski definition) is 4. The van der Waals surface area contributed by atoms with E-state index in [1.165, 1.54) is 0 Å². The number of ketones is 2. The first-order chi connectivity index (χ1) is 8.25. The van der Waals surface area contributed by atoms with E-state index >= 15 is 0 Å². The van der Waals surface area contributed by atoms with E-state index in [1.54, 1.807) is 6.92 Å². The monoisotopic (exact) mass is 252 g/mol. The summed E-state index contributed by atoms with van der Waals surface area (Å²) in [6.07, 6.45) is 1.05. The lowest BCUT2D eigenvalue weighted by atomic mass is 9.64. The number of Topliss-reactive ketones (excluding diaryl/α,β-unsaturated/α-hetero) is 2. The molecule has 2 aliphatic carbocycles. The van der Waals surface area contributed by atoms with Gasteiger partial charge in [0.1, 0.15) is 5.41 Å². The van der Waals surface area contributed by atoms with Crippen molar-refractivity contribution in [3.8, 4) is 0 Å². The van der Waals surface area contributed by atoms with Gasteiger partial charge < -0.3 is 11.1 Å². The summed E-state index contributed by atoms with van der Waals surface area (Å²) in [4.78, 5) is 36.8. The quantitative estimate of drug-likeness (QED) is 0.547. The van der Waals surface area contributed by atoms with Crippen LogP contribution < -0.4 is 11.1 Å². The Balaban J connectivity index is 2.46. The largest absolute Gasteiger partial charge is 0.354 e. The third kappa shape index (κ3) is 1.13. The van der Waals surface area contributed by atoms with Gasteiger partial charge in [0.05, 0.1) is 0 Å². The zero-order chi connectivity index (χ0) is 13.8.